The molecule has 0 saturated heterocycles. The number of carbonyl (C=O) groups excluding carboxylic acids is 2. The van der Waals surface area contributed by atoms with Gasteiger partial charge in [-0.15, -0.1) is 0 Å². The maximum atomic E-state index is 12.0. The van der Waals surface area contributed by atoms with Crippen LogP contribution in [-0.2, 0) is 14.3 Å². The Morgan fingerprint density at radius 1 is 1.29 bits per heavy atom. The van der Waals surface area contributed by atoms with Crippen LogP contribution in [0.25, 0.3) is 0 Å². The zero-order chi connectivity index (χ0) is 15.2. The van der Waals surface area contributed by atoms with E-state index in [0.29, 0.717) is 11.4 Å². The maximum Gasteiger partial charge on any atom is 0.343 e. The fourth-order valence-corrected chi connectivity index (χ4v) is 2.33. The van der Waals surface area contributed by atoms with Crippen LogP contribution in [0.2, 0.25) is 0 Å². The van der Waals surface area contributed by atoms with Gasteiger partial charge in [0, 0.05) is 17.6 Å². The smallest absolute Gasteiger partial charge is 0.343 e. The summed E-state index contributed by atoms with van der Waals surface area (Å²) >= 11 is 0. The number of hydrogen-bond acceptors (Lipinski definition) is 5. The van der Waals surface area contributed by atoms with Crippen LogP contribution < -0.4 is 15.8 Å². The molecule has 1 fully saturated rings. The summed E-state index contributed by atoms with van der Waals surface area (Å²) in [5, 5.41) is 2.87. The van der Waals surface area contributed by atoms with Crippen LogP contribution in [0.15, 0.2) is 24.3 Å². The molecule has 1 aliphatic carbocycles. The van der Waals surface area contributed by atoms with E-state index >= 15 is 0 Å². The molecule has 0 aromatic heterocycles. The zero-order valence-electron chi connectivity index (χ0n) is 12.0. The predicted octanol–water partition coefficient (Wildman–Crippen LogP) is 1.30. The van der Waals surface area contributed by atoms with Gasteiger partial charge in [0.2, 0.25) is 5.91 Å². The van der Waals surface area contributed by atoms with Crippen molar-refractivity contribution in [1.82, 2.24) is 0 Å². The van der Waals surface area contributed by atoms with Gasteiger partial charge in [0.25, 0.3) is 0 Å². The van der Waals surface area contributed by atoms with Gasteiger partial charge in [-0.2, -0.15) is 0 Å². The number of anilines is 1. The highest BCUT2D eigenvalue weighted by atomic mass is 16.6. The van der Waals surface area contributed by atoms with Crippen molar-refractivity contribution in [2.75, 3.05) is 19.0 Å². The molecule has 0 spiro atoms. The third kappa shape index (κ3) is 4.46. The fraction of sp³-hybridized carbons (Fsp3) is 0.467. The number of hydrogen-bond donors (Lipinski definition) is 2. The summed E-state index contributed by atoms with van der Waals surface area (Å²) in [6.07, 6.45) is 2.48. The molecular formula is C15H20N2O4. The fourth-order valence-electron chi connectivity index (χ4n) is 2.33. The summed E-state index contributed by atoms with van der Waals surface area (Å²) < 4.78 is 9.71. The summed E-state index contributed by atoms with van der Waals surface area (Å²) in [6.45, 7) is -0.137. The number of ether oxygens (including phenoxy) is 2. The van der Waals surface area contributed by atoms with Crippen molar-refractivity contribution in [2.24, 2.45) is 11.7 Å². The molecule has 1 aromatic rings. The van der Waals surface area contributed by atoms with Crippen LogP contribution >= 0.6 is 0 Å². The number of nitrogens with one attached hydrogen (secondary N) is 1. The Bertz CT molecular complexity index is 501. The van der Waals surface area contributed by atoms with Crippen molar-refractivity contribution >= 4 is 17.6 Å². The van der Waals surface area contributed by atoms with Crippen LogP contribution in [0.4, 0.5) is 5.69 Å². The van der Waals surface area contributed by atoms with Gasteiger partial charge in [-0.25, -0.2) is 4.79 Å². The van der Waals surface area contributed by atoms with E-state index in [4.69, 9.17) is 10.5 Å². The van der Waals surface area contributed by atoms with Gasteiger partial charge in [0.05, 0.1) is 7.11 Å². The Balaban J connectivity index is 1.84. The van der Waals surface area contributed by atoms with Crippen LogP contribution in [0.5, 0.6) is 5.75 Å². The van der Waals surface area contributed by atoms with Gasteiger partial charge in [-0.1, -0.05) is 0 Å². The molecule has 2 rings (SSSR count). The van der Waals surface area contributed by atoms with Crippen LogP contribution in [0.1, 0.15) is 19.3 Å². The average molecular weight is 292 g/mol. The molecule has 2 atom stereocenters. The topological polar surface area (TPSA) is 90.6 Å². The Morgan fingerprint density at radius 3 is 2.57 bits per heavy atom. The number of rotatable bonds is 5. The lowest BCUT2D eigenvalue weighted by molar-refractivity contribution is -0.142. The number of benzene rings is 1. The predicted molar refractivity (Wildman–Crippen MR) is 77.9 cm³/mol. The molecule has 21 heavy (non-hydrogen) atoms. The lowest BCUT2D eigenvalue weighted by Crippen LogP contribution is -2.23. The number of amides is 1. The minimum atomic E-state index is -0.440. The number of nitrogens with two attached hydrogens (primary N) is 1. The molecule has 0 aliphatic heterocycles. The van der Waals surface area contributed by atoms with Gasteiger partial charge in [-0.05, 0) is 43.5 Å². The molecule has 1 saturated carbocycles. The Kier molecular flexibility index (Phi) is 5.16. The first-order valence-electron chi connectivity index (χ1n) is 6.94. The molecule has 1 aromatic carbocycles. The summed E-state index contributed by atoms with van der Waals surface area (Å²) in [7, 11) is 1.30. The van der Waals surface area contributed by atoms with Crippen LogP contribution in [0.3, 0.4) is 0 Å². The van der Waals surface area contributed by atoms with E-state index in [9.17, 15) is 9.59 Å². The molecule has 0 heterocycles. The average Bonchev–Trinajstić information content (AvgIpc) is 2.93. The maximum absolute atomic E-state index is 12.0. The summed E-state index contributed by atoms with van der Waals surface area (Å²) in [5.74, 6) is 0.104. The van der Waals surface area contributed by atoms with E-state index in [1.165, 1.54) is 7.11 Å². The first-order chi connectivity index (χ1) is 10.1. The van der Waals surface area contributed by atoms with Crippen molar-refractivity contribution in [3.63, 3.8) is 0 Å². The van der Waals surface area contributed by atoms with E-state index in [-0.39, 0.29) is 24.5 Å². The Morgan fingerprint density at radius 2 is 2.00 bits per heavy atom. The molecule has 6 heteroatoms. The first kappa shape index (κ1) is 15.3. The van der Waals surface area contributed by atoms with E-state index < -0.39 is 5.97 Å². The molecule has 114 valence electrons. The molecule has 1 aliphatic rings. The lowest BCUT2D eigenvalue weighted by atomic mass is 10.1. The largest absolute Gasteiger partial charge is 0.482 e. The third-order valence-electron chi connectivity index (χ3n) is 3.55. The highest BCUT2D eigenvalue weighted by molar-refractivity contribution is 5.92. The molecule has 2 unspecified atom stereocenters. The van der Waals surface area contributed by atoms with E-state index in [2.05, 4.69) is 10.1 Å². The van der Waals surface area contributed by atoms with E-state index in [0.717, 1.165) is 19.3 Å². The van der Waals surface area contributed by atoms with Gasteiger partial charge >= 0.3 is 5.97 Å². The number of carbonyl (C=O) groups is 2. The van der Waals surface area contributed by atoms with Gasteiger partial charge < -0.3 is 20.5 Å². The van der Waals surface area contributed by atoms with Gasteiger partial charge in [-0.3, -0.25) is 4.79 Å². The Hall–Kier alpha value is -2.08. The highest BCUT2D eigenvalue weighted by Gasteiger charge is 2.27. The van der Waals surface area contributed by atoms with Crippen molar-refractivity contribution in [3.8, 4) is 5.75 Å². The van der Waals surface area contributed by atoms with E-state index in [1.807, 2.05) is 0 Å². The monoisotopic (exact) mass is 292 g/mol. The van der Waals surface area contributed by atoms with Crippen molar-refractivity contribution in [2.45, 2.75) is 25.3 Å². The third-order valence-corrected chi connectivity index (χ3v) is 3.55. The molecule has 1 amide bonds. The summed E-state index contributed by atoms with van der Waals surface area (Å²) in [5.41, 5.74) is 6.51. The second kappa shape index (κ2) is 7.08. The molecule has 3 N–H and O–H groups in total. The van der Waals surface area contributed by atoms with Gasteiger partial charge in [0.1, 0.15) is 5.75 Å². The Labute approximate surface area is 123 Å². The molecule has 6 nitrogen and oxygen atoms in total. The van der Waals surface area contributed by atoms with E-state index in [1.54, 1.807) is 24.3 Å². The minimum Gasteiger partial charge on any atom is -0.482 e. The van der Waals surface area contributed by atoms with Crippen LogP contribution in [-0.4, -0.2) is 31.6 Å². The first-order valence-corrected chi connectivity index (χ1v) is 6.94. The van der Waals surface area contributed by atoms with Crippen LogP contribution in [0, 0.1) is 5.92 Å². The summed E-state index contributed by atoms with van der Waals surface area (Å²) in [4.78, 5) is 23.0. The molecule has 0 bridgehead atoms. The van der Waals surface area contributed by atoms with Crippen molar-refractivity contribution in [3.05, 3.63) is 24.3 Å². The second-order valence-electron chi connectivity index (χ2n) is 5.15. The molecule has 0 radical (unpaired) electrons. The molecular weight excluding hydrogens is 272 g/mol. The van der Waals surface area contributed by atoms with Gasteiger partial charge in [0.15, 0.2) is 6.61 Å². The highest BCUT2D eigenvalue weighted by Crippen LogP contribution is 2.25. The van der Waals surface area contributed by atoms with Crippen molar-refractivity contribution in [1.29, 1.82) is 0 Å². The normalized spacial score (nSPS) is 20.9. The summed E-state index contributed by atoms with van der Waals surface area (Å²) in [6, 6.07) is 6.99. The number of esters is 1. The lowest BCUT2D eigenvalue weighted by Gasteiger charge is -2.11. The zero-order valence-corrected chi connectivity index (χ0v) is 12.0. The second-order valence-corrected chi connectivity index (χ2v) is 5.15. The quantitative estimate of drug-likeness (QED) is 0.798. The van der Waals surface area contributed by atoms with Crippen molar-refractivity contribution < 1.29 is 19.1 Å². The number of methoxy groups -OCH3 is 1. The standard InChI is InChI=1S/C15H20N2O4/c1-20-14(18)9-21-13-6-4-12(5-7-13)17-15(19)10-2-3-11(16)8-10/h4-7,10-11H,2-3,8-9,16H2,1H3,(H,17,19). The SMILES string of the molecule is COC(=O)COc1ccc(NC(=O)C2CCC(N)C2)cc1. The minimum absolute atomic E-state index is 0.00440.